The van der Waals surface area contributed by atoms with Gasteiger partial charge in [0.25, 0.3) is 5.56 Å². The number of rotatable bonds is 6. The molecule has 0 atom stereocenters. The van der Waals surface area contributed by atoms with E-state index in [1.807, 2.05) is 44.2 Å². The number of ketones is 1. The number of allylic oxidation sites excluding steroid dienone is 1. The quantitative estimate of drug-likeness (QED) is 0.643. The molecule has 5 nitrogen and oxygen atoms in total. The van der Waals surface area contributed by atoms with Gasteiger partial charge in [0.1, 0.15) is 0 Å². The first kappa shape index (κ1) is 17.6. The molecule has 0 amide bonds. The van der Waals surface area contributed by atoms with E-state index in [-0.39, 0.29) is 17.9 Å². The first-order valence-electron chi connectivity index (χ1n) is 8.41. The van der Waals surface area contributed by atoms with E-state index in [4.69, 9.17) is 0 Å². The molecule has 0 saturated carbocycles. The average molecular weight is 347 g/mol. The van der Waals surface area contributed by atoms with Crippen LogP contribution in [0.4, 0.5) is 0 Å². The second-order valence-corrected chi connectivity index (χ2v) is 6.37. The fourth-order valence-corrected chi connectivity index (χ4v) is 2.78. The fraction of sp³-hybridized carbons (Fsp3) is 0.190. The van der Waals surface area contributed by atoms with Gasteiger partial charge in [0.2, 0.25) is 0 Å². The molecule has 0 unspecified atom stereocenters. The van der Waals surface area contributed by atoms with Gasteiger partial charge in [-0.15, -0.1) is 0 Å². The summed E-state index contributed by atoms with van der Waals surface area (Å²) in [5.41, 5.74) is 3.92. The monoisotopic (exact) mass is 347 g/mol. The van der Waals surface area contributed by atoms with Gasteiger partial charge in [-0.3, -0.25) is 14.3 Å². The third-order valence-electron chi connectivity index (χ3n) is 4.37. The number of pyridine rings is 1. The number of aromatic nitrogens is 3. The van der Waals surface area contributed by atoms with Gasteiger partial charge in [-0.1, -0.05) is 36.9 Å². The van der Waals surface area contributed by atoms with Crippen molar-refractivity contribution in [3.63, 3.8) is 0 Å². The summed E-state index contributed by atoms with van der Waals surface area (Å²) in [5, 5.41) is 4.34. The van der Waals surface area contributed by atoms with E-state index >= 15 is 0 Å². The van der Waals surface area contributed by atoms with E-state index < -0.39 is 0 Å². The van der Waals surface area contributed by atoms with Crippen LogP contribution in [0.5, 0.6) is 0 Å². The smallest absolute Gasteiger partial charge is 0.250 e. The summed E-state index contributed by atoms with van der Waals surface area (Å²) in [7, 11) is 0. The number of hydrogen-bond acceptors (Lipinski definition) is 3. The lowest BCUT2D eigenvalue weighted by Crippen LogP contribution is -2.23. The van der Waals surface area contributed by atoms with Gasteiger partial charge in [0, 0.05) is 18.0 Å². The van der Waals surface area contributed by atoms with E-state index in [1.54, 1.807) is 23.1 Å². The van der Waals surface area contributed by atoms with E-state index in [2.05, 4.69) is 11.7 Å². The number of hydrogen-bond donors (Lipinski definition) is 0. The minimum atomic E-state index is -0.210. The van der Waals surface area contributed by atoms with E-state index in [0.29, 0.717) is 12.1 Å². The summed E-state index contributed by atoms with van der Waals surface area (Å²) >= 11 is 0. The third kappa shape index (κ3) is 3.72. The number of nitrogens with zero attached hydrogens (tertiary/aromatic N) is 3. The maximum absolute atomic E-state index is 12.7. The molecule has 132 valence electrons. The van der Waals surface area contributed by atoms with Crippen LogP contribution in [-0.2, 0) is 13.1 Å². The average Bonchev–Trinajstić information content (AvgIpc) is 2.98. The maximum atomic E-state index is 12.7. The normalized spacial score (nSPS) is 10.7. The molecule has 3 rings (SSSR count). The molecule has 26 heavy (non-hydrogen) atoms. The second-order valence-electron chi connectivity index (χ2n) is 6.37. The lowest BCUT2D eigenvalue weighted by molar-refractivity contribution is 0.0970. The van der Waals surface area contributed by atoms with Crippen molar-refractivity contribution in [2.45, 2.75) is 26.9 Å². The molecule has 0 spiro atoms. The lowest BCUT2D eigenvalue weighted by atomic mass is 10.1. The highest BCUT2D eigenvalue weighted by molar-refractivity contribution is 5.96. The molecule has 0 bridgehead atoms. The Kier molecular flexibility index (Phi) is 4.98. The molecule has 0 radical (unpaired) electrons. The van der Waals surface area contributed by atoms with Crippen molar-refractivity contribution in [3.05, 3.63) is 94.2 Å². The van der Waals surface area contributed by atoms with E-state index in [1.165, 1.54) is 10.6 Å². The predicted octanol–water partition coefficient (Wildman–Crippen LogP) is 3.32. The Labute approximate surface area is 152 Å². The van der Waals surface area contributed by atoms with Crippen molar-refractivity contribution >= 4 is 11.4 Å². The Morgan fingerprint density at radius 1 is 1.15 bits per heavy atom. The van der Waals surface area contributed by atoms with Crippen LogP contribution < -0.4 is 5.56 Å². The van der Waals surface area contributed by atoms with E-state index in [9.17, 15) is 9.59 Å². The Morgan fingerprint density at radius 3 is 2.58 bits per heavy atom. The van der Waals surface area contributed by atoms with Crippen LogP contribution in [0.2, 0.25) is 0 Å². The molecular formula is C21H21N3O2. The van der Waals surface area contributed by atoms with Crippen LogP contribution in [0.1, 0.15) is 34.1 Å². The molecule has 3 aromatic rings. The summed E-state index contributed by atoms with van der Waals surface area (Å²) in [6.45, 7) is 8.20. The van der Waals surface area contributed by atoms with Crippen molar-refractivity contribution in [2.24, 2.45) is 0 Å². The number of carbonyl (C=O) groups is 1. The van der Waals surface area contributed by atoms with Crippen LogP contribution in [-0.4, -0.2) is 20.1 Å². The highest BCUT2D eigenvalue weighted by atomic mass is 16.1. The first-order valence-corrected chi connectivity index (χ1v) is 8.41. The highest BCUT2D eigenvalue weighted by Gasteiger charge is 2.15. The molecule has 0 aliphatic rings. The van der Waals surface area contributed by atoms with Gasteiger partial charge in [-0.05, 0) is 36.6 Å². The molecule has 0 saturated heterocycles. The van der Waals surface area contributed by atoms with Gasteiger partial charge >= 0.3 is 0 Å². The fourth-order valence-electron chi connectivity index (χ4n) is 2.78. The predicted molar refractivity (Wildman–Crippen MR) is 102 cm³/mol. The lowest BCUT2D eigenvalue weighted by Gasteiger charge is -2.08. The van der Waals surface area contributed by atoms with Crippen LogP contribution in [0, 0.1) is 6.92 Å². The molecule has 0 aliphatic heterocycles. The largest absolute Gasteiger partial charge is 0.307 e. The van der Waals surface area contributed by atoms with Crippen LogP contribution in [0.3, 0.4) is 0 Å². The highest BCUT2D eigenvalue weighted by Crippen LogP contribution is 2.13. The number of carbonyl (C=O) groups excluding carboxylic acids is 1. The Bertz CT molecular complexity index is 1010. The standard InChI is InChI=1S/C21H21N3O2/c1-15(2)18-9-10-21(26)23(13-18)14-20(25)19-11-22-24(16(19)3)12-17-7-5-4-6-8-17/h4-11,13H,1,12,14H2,2-3H3. The third-order valence-corrected chi connectivity index (χ3v) is 4.37. The summed E-state index contributed by atoms with van der Waals surface area (Å²) < 4.78 is 3.22. The topological polar surface area (TPSA) is 56.9 Å². The van der Waals surface area contributed by atoms with Crippen molar-refractivity contribution in [1.29, 1.82) is 0 Å². The second kappa shape index (κ2) is 7.35. The molecule has 0 N–H and O–H groups in total. The zero-order valence-electron chi connectivity index (χ0n) is 15.0. The van der Waals surface area contributed by atoms with Gasteiger partial charge in [-0.25, -0.2) is 0 Å². The van der Waals surface area contributed by atoms with Crippen molar-refractivity contribution < 1.29 is 4.79 Å². The minimum absolute atomic E-state index is 0.0160. The summed E-state index contributed by atoms with van der Waals surface area (Å²) in [6, 6.07) is 13.1. The van der Waals surface area contributed by atoms with Crippen LogP contribution in [0.25, 0.3) is 5.57 Å². The summed E-state index contributed by atoms with van der Waals surface area (Å²) in [5.74, 6) is -0.136. The SMILES string of the molecule is C=C(C)c1ccc(=O)n(CC(=O)c2cnn(Cc3ccccc3)c2C)c1. The van der Waals surface area contributed by atoms with Gasteiger partial charge in [-0.2, -0.15) is 5.10 Å². The zero-order chi connectivity index (χ0) is 18.7. The Hall–Kier alpha value is -3.21. The molecule has 2 aromatic heterocycles. The van der Waals surface area contributed by atoms with Crippen molar-refractivity contribution in [2.75, 3.05) is 0 Å². The van der Waals surface area contributed by atoms with E-state index in [0.717, 1.165) is 22.4 Å². The van der Waals surface area contributed by atoms with Gasteiger partial charge < -0.3 is 4.57 Å². The van der Waals surface area contributed by atoms with Crippen LogP contribution in [0.15, 0.2) is 66.2 Å². The van der Waals surface area contributed by atoms with Crippen molar-refractivity contribution in [1.82, 2.24) is 14.3 Å². The number of benzene rings is 1. The Morgan fingerprint density at radius 2 is 1.88 bits per heavy atom. The molecule has 1 aromatic carbocycles. The van der Waals surface area contributed by atoms with Gasteiger partial charge in [0.05, 0.1) is 24.8 Å². The Balaban J connectivity index is 1.82. The molecule has 0 fully saturated rings. The van der Waals surface area contributed by atoms with Gasteiger partial charge in [0.15, 0.2) is 5.78 Å². The molecule has 0 aliphatic carbocycles. The summed E-state index contributed by atoms with van der Waals surface area (Å²) in [6.07, 6.45) is 3.25. The maximum Gasteiger partial charge on any atom is 0.250 e. The zero-order valence-corrected chi connectivity index (χ0v) is 15.0. The minimum Gasteiger partial charge on any atom is -0.307 e. The molecular weight excluding hydrogens is 326 g/mol. The summed E-state index contributed by atoms with van der Waals surface area (Å²) in [4.78, 5) is 24.8. The first-order chi connectivity index (χ1) is 12.5. The molecule has 2 heterocycles. The number of Topliss-reactive ketones (excluding diaryl/α,β-unsaturated/α-hetero) is 1. The molecule has 5 heteroatoms. The van der Waals surface area contributed by atoms with Crippen LogP contribution >= 0.6 is 0 Å². The van der Waals surface area contributed by atoms with Crippen molar-refractivity contribution in [3.8, 4) is 0 Å².